The first kappa shape index (κ1) is 20.2. The quantitative estimate of drug-likeness (QED) is 0.656. The van der Waals surface area contributed by atoms with Crippen LogP contribution in [0.3, 0.4) is 0 Å². The molecule has 144 valence electrons. The van der Waals surface area contributed by atoms with Crippen molar-refractivity contribution in [1.82, 2.24) is 10.3 Å². The number of nitrogens with one attached hydrogen (secondary N) is 1. The topological polar surface area (TPSA) is 115 Å². The highest BCUT2D eigenvalue weighted by atomic mass is 19.1. The number of ether oxygens (including phenoxy) is 1. The summed E-state index contributed by atoms with van der Waals surface area (Å²) in [5, 5.41) is 11.1. The molecular weight excluding hydrogens is 353 g/mol. The second kappa shape index (κ2) is 8.98. The number of carboxylic acid groups (broad SMARTS) is 1. The molecule has 2 atom stereocenters. The molecule has 0 bridgehead atoms. The van der Waals surface area contributed by atoms with Crippen molar-refractivity contribution in [2.75, 3.05) is 6.61 Å². The van der Waals surface area contributed by atoms with E-state index >= 15 is 0 Å². The number of benzene rings is 1. The van der Waals surface area contributed by atoms with Gasteiger partial charge in [0.2, 0.25) is 0 Å². The van der Waals surface area contributed by atoms with Crippen LogP contribution in [0.1, 0.15) is 30.6 Å². The van der Waals surface area contributed by atoms with Crippen LogP contribution in [-0.2, 0) is 0 Å². The van der Waals surface area contributed by atoms with Gasteiger partial charge in [-0.05, 0) is 37.5 Å². The number of nitrogens with two attached hydrogens (primary N) is 1. The van der Waals surface area contributed by atoms with Crippen LogP contribution < -0.4 is 15.8 Å². The van der Waals surface area contributed by atoms with E-state index in [-0.39, 0.29) is 23.1 Å². The average Bonchev–Trinajstić information content (AvgIpc) is 2.59. The molecule has 0 fully saturated rings. The maximum Gasteiger partial charge on any atom is 0.404 e. The zero-order chi connectivity index (χ0) is 20.0. The lowest BCUT2D eigenvalue weighted by atomic mass is 10.0. The molecule has 1 aromatic heterocycles. The fourth-order valence-corrected chi connectivity index (χ4v) is 2.81. The largest absolute Gasteiger partial charge is 0.493 e. The van der Waals surface area contributed by atoms with Crippen LogP contribution in [0.5, 0.6) is 5.75 Å². The van der Waals surface area contributed by atoms with E-state index < -0.39 is 17.8 Å². The fraction of sp³-hybridized carbons (Fsp3) is 0.316. The van der Waals surface area contributed by atoms with Crippen molar-refractivity contribution < 1.29 is 23.8 Å². The van der Waals surface area contributed by atoms with Gasteiger partial charge in [0.15, 0.2) is 0 Å². The first-order chi connectivity index (χ1) is 12.8. The first-order valence-electron chi connectivity index (χ1n) is 8.44. The average molecular weight is 375 g/mol. The van der Waals surface area contributed by atoms with E-state index in [1.54, 1.807) is 13.0 Å². The summed E-state index contributed by atoms with van der Waals surface area (Å²) >= 11 is 0. The molecule has 27 heavy (non-hydrogen) atoms. The minimum absolute atomic E-state index is 0.0660. The SMILES string of the molecule is CC(COc1ccc(-c2ccncc2C(N)=O)c(F)c1)CC(C)NC(=O)O. The lowest BCUT2D eigenvalue weighted by Crippen LogP contribution is -2.33. The van der Waals surface area contributed by atoms with E-state index in [0.29, 0.717) is 24.3 Å². The monoisotopic (exact) mass is 375 g/mol. The molecule has 0 saturated heterocycles. The molecule has 0 aliphatic heterocycles. The van der Waals surface area contributed by atoms with E-state index in [1.165, 1.54) is 30.6 Å². The zero-order valence-corrected chi connectivity index (χ0v) is 15.1. The van der Waals surface area contributed by atoms with Crippen molar-refractivity contribution >= 4 is 12.0 Å². The van der Waals surface area contributed by atoms with E-state index in [2.05, 4.69) is 10.3 Å². The number of amides is 2. The number of primary amides is 1. The van der Waals surface area contributed by atoms with Gasteiger partial charge in [0.05, 0.1) is 12.2 Å². The lowest BCUT2D eigenvalue weighted by Gasteiger charge is -2.18. The summed E-state index contributed by atoms with van der Waals surface area (Å²) in [6.45, 7) is 4.00. The first-order valence-corrected chi connectivity index (χ1v) is 8.44. The van der Waals surface area contributed by atoms with E-state index in [0.717, 1.165) is 0 Å². The summed E-state index contributed by atoms with van der Waals surface area (Å²) in [6.07, 6.45) is 2.28. The Bertz CT molecular complexity index is 828. The number of nitrogens with zero attached hydrogens (tertiary/aromatic N) is 1. The molecule has 0 saturated carbocycles. The van der Waals surface area contributed by atoms with Crippen molar-refractivity contribution in [2.45, 2.75) is 26.3 Å². The lowest BCUT2D eigenvalue weighted by molar-refractivity contribution is 0.100. The number of hydrogen-bond donors (Lipinski definition) is 3. The molecule has 0 radical (unpaired) electrons. The van der Waals surface area contributed by atoms with Gasteiger partial charge in [0, 0.05) is 35.6 Å². The Labute approximate surface area is 156 Å². The normalized spacial score (nSPS) is 12.9. The van der Waals surface area contributed by atoms with Gasteiger partial charge < -0.3 is 20.9 Å². The van der Waals surface area contributed by atoms with Crippen LogP contribution in [0.25, 0.3) is 11.1 Å². The predicted molar refractivity (Wildman–Crippen MR) is 98.0 cm³/mol. The smallest absolute Gasteiger partial charge is 0.404 e. The number of pyridine rings is 1. The number of hydrogen-bond acceptors (Lipinski definition) is 4. The van der Waals surface area contributed by atoms with Crippen molar-refractivity contribution in [3.63, 3.8) is 0 Å². The molecule has 2 aromatic rings. The third-order valence-electron chi connectivity index (χ3n) is 3.98. The molecule has 8 heteroatoms. The molecule has 4 N–H and O–H groups in total. The number of carbonyl (C=O) groups excluding carboxylic acids is 1. The maximum atomic E-state index is 14.5. The number of aromatic nitrogens is 1. The molecule has 7 nitrogen and oxygen atoms in total. The van der Waals surface area contributed by atoms with Crippen LogP contribution in [0, 0.1) is 11.7 Å². The second-order valence-corrected chi connectivity index (χ2v) is 6.43. The summed E-state index contributed by atoms with van der Waals surface area (Å²) in [7, 11) is 0. The highest BCUT2D eigenvalue weighted by Crippen LogP contribution is 2.28. The van der Waals surface area contributed by atoms with Gasteiger partial charge >= 0.3 is 6.09 Å². The molecule has 2 rings (SSSR count). The van der Waals surface area contributed by atoms with Crippen LogP contribution in [-0.4, -0.2) is 34.7 Å². The second-order valence-electron chi connectivity index (χ2n) is 6.43. The Morgan fingerprint density at radius 1 is 1.30 bits per heavy atom. The Morgan fingerprint density at radius 2 is 2.04 bits per heavy atom. The Balaban J connectivity index is 2.05. The molecule has 2 unspecified atom stereocenters. The van der Waals surface area contributed by atoms with E-state index in [4.69, 9.17) is 15.6 Å². The molecule has 0 aliphatic rings. The number of halogens is 1. The van der Waals surface area contributed by atoms with Crippen molar-refractivity contribution in [2.24, 2.45) is 11.7 Å². The van der Waals surface area contributed by atoms with Gasteiger partial charge in [-0.25, -0.2) is 9.18 Å². The summed E-state index contributed by atoms with van der Waals surface area (Å²) in [5.74, 6) is -0.821. The van der Waals surface area contributed by atoms with Crippen LogP contribution in [0.4, 0.5) is 9.18 Å². The molecule has 2 amide bonds. The van der Waals surface area contributed by atoms with Crippen molar-refractivity contribution in [1.29, 1.82) is 0 Å². The third-order valence-corrected chi connectivity index (χ3v) is 3.98. The Hall–Kier alpha value is -3.16. The van der Waals surface area contributed by atoms with Crippen LogP contribution in [0.15, 0.2) is 36.7 Å². The third kappa shape index (κ3) is 5.67. The van der Waals surface area contributed by atoms with Crippen molar-refractivity contribution in [3.8, 4) is 16.9 Å². The molecule has 1 aromatic carbocycles. The summed E-state index contributed by atoms with van der Waals surface area (Å²) in [4.78, 5) is 25.9. The Kier molecular flexibility index (Phi) is 6.70. The number of rotatable bonds is 8. The minimum Gasteiger partial charge on any atom is -0.493 e. The number of carbonyl (C=O) groups is 2. The minimum atomic E-state index is -1.07. The van der Waals surface area contributed by atoms with E-state index in [1.807, 2.05) is 6.92 Å². The standard InChI is InChI=1S/C19H22FN3O4/c1-11(7-12(2)23-19(25)26)10-27-13-3-4-15(17(20)8-13)14-5-6-22-9-16(14)18(21)24/h3-6,8-9,11-12,23H,7,10H2,1-2H3,(H2,21,24)(H,25,26). The van der Waals surface area contributed by atoms with Crippen LogP contribution >= 0.6 is 0 Å². The molecule has 0 aliphatic carbocycles. The highest BCUT2D eigenvalue weighted by Gasteiger charge is 2.15. The van der Waals surface area contributed by atoms with Gasteiger partial charge in [-0.2, -0.15) is 0 Å². The zero-order valence-electron chi connectivity index (χ0n) is 15.1. The molecular formula is C19H22FN3O4. The summed E-state index contributed by atoms with van der Waals surface area (Å²) in [6, 6.07) is 5.68. The summed E-state index contributed by atoms with van der Waals surface area (Å²) in [5.41, 5.74) is 6.04. The van der Waals surface area contributed by atoms with Gasteiger partial charge in [-0.1, -0.05) is 6.92 Å². The van der Waals surface area contributed by atoms with Gasteiger partial charge in [-0.15, -0.1) is 0 Å². The molecule has 1 heterocycles. The molecule has 0 spiro atoms. The van der Waals surface area contributed by atoms with Crippen LogP contribution in [0.2, 0.25) is 0 Å². The fourth-order valence-electron chi connectivity index (χ4n) is 2.81. The highest BCUT2D eigenvalue weighted by molar-refractivity contribution is 5.99. The predicted octanol–water partition coefficient (Wildman–Crippen LogP) is 3.05. The van der Waals surface area contributed by atoms with Gasteiger partial charge in [-0.3, -0.25) is 9.78 Å². The van der Waals surface area contributed by atoms with Crippen molar-refractivity contribution in [3.05, 3.63) is 48.0 Å². The Morgan fingerprint density at radius 3 is 2.67 bits per heavy atom. The maximum absolute atomic E-state index is 14.5. The van der Waals surface area contributed by atoms with Gasteiger partial charge in [0.25, 0.3) is 5.91 Å². The van der Waals surface area contributed by atoms with E-state index in [9.17, 15) is 14.0 Å². The van der Waals surface area contributed by atoms with Gasteiger partial charge in [0.1, 0.15) is 11.6 Å². The summed E-state index contributed by atoms with van der Waals surface area (Å²) < 4.78 is 20.1.